The van der Waals surface area contributed by atoms with Gasteiger partial charge in [0.15, 0.2) is 5.78 Å². The summed E-state index contributed by atoms with van der Waals surface area (Å²) in [5.41, 5.74) is 8.77. The summed E-state index contributed by atoms with van der Waals surface area (Å²) >= 11 is 0. The van der Waals surface area contributed by atoms with Gasteiger partial charge in [-0.3, -0.25) is 14.6 Å². The van der Waals surface area contributed by atoms with E-state index in [0.717, 1.165) is 22.1 Å². The minimum atomic E-state index is -0.510. The van der Waals surface area contributed by atoms with E-state index in [1.165, 1.54) is 13.0 Å². The van der Waals surface area contributed by atoms with E-state index in [1.807, 2.05) is 12.1 Å². The Balaban J connectivity index is 2.09. The molecule has 0 bridgehead atoms. The van der Waals surface area contributed by atoms with Crippen LogP contribution in [0.3, 0.4) is 0 Å². The van der Waals surface area contributed by atoms with Crippen LogP contribution in [0.5, 0.6) is 0 Å². The number of primary amides is 1. The molecular formula is C17H14N4O2. The van der Waals surface area contributed by atoms with Crippen molar-refractivity contribution < 1.29 is 9.59 Å². The molecule has 3 heterocycles. The standard InChI is InChI=1S/C17H14N4O2/c1-10(22)15-7-11(4-5-19-15)13-6-14-12(2-3-16(18)23)8-20-17(14)21-9-13/h2-9H,1H3,(H2,18,23)(H,20,21)/b3-2+. The molecule has 0 aliphatic carbocycles. The van der Waals surface area contributed by atoms with Crippen molar-refractivity contribution in [3.05, 3.63) is 54.1 Å². The molecule has 3 N–H and O–H groups in total. The van der Waals surface area contributed by atoms with Crippen molar-refractivity contribution in [3.63, 3.8) is 0 Å². The number of pyridine rings is 2. The number of fused-ring (bicyclic) bond motifs is 1. The van der Waals surface area contributed by atoms with Crippen LogP contribution in [-0.4, -0.2) is 26.6 Å². The molecule has 0 aromatic carbocycles. The summed E-state index contributed by atoms with van der Waals surface area (Å²) in [6.45, 7) is 1.48. The van der Waals surface area contributed by atoms with Crippen LogP contribution in [0.15, 0.2) is 42.9 Å². The number of ketones is 1. The fourth-order valence-corrected chi connectivity index (χ4v) is 2.29. The molecule has 0 spiro atoms. The van der Waals surface area contributed by atoms with Crippen LogP contribution in [0.4, 0.5) is 0 Å². The number of nitrogens with zero attached hydrogens (tertiary/aromatic N) is 2. The van der Waals surface area contributed by atoms with Crippen molar-refractivity contribution in [2.24, 2.45) is 5.73 Å². The number of hydrogen-bond donors (Lipinski definition) is 2. The zero-order valence-corrected chi connectivity index (χ0v) is 12.4. The van der Waals surface area contributed by atoms with Gasteiger partial charge in [0.05, 0.1) is 0 Å². The summed E-state index contributed by atoms with van der Waals surface area (Å²) in [6, 6.07) is 5.50. The molecule has 6 nitrogen and oxygen atoms in total. The maximum atomic E-state index is 11.5. The van der Waals surface area contributed by atoms with E-state index in [0.29, 0.717) is 11.3 Å². The Morgan fingerprint density at radius 2 is 2.04 bits per heavy atom. The third kappa shape index (κ3) is 3.01. The van der Waals surface area contributed by atoms with E-state index < -0.39 is 5.91 Å². The molecule has 3 aromatic heterocycles. The first-order valence-electron chi connectivity index (χ1n) is 6.96. The van der Waals surface area contributed by atoms with Crippen LogP contribution in [0.25, 0.3) is 28.2 Å². The lowest BCUT2D eigenvalue weighted by molar-refractivity contribution is -0.113. The molecule has 0 atom stereocenters. The normalized spacial score (nSPS) is 11.2. The van der Waals surface area contributed by atoms with E-state index in [1.54, 1.807) is 30.7 Å². The molecule has 0 radical (unpaired) electrons. The molecule has 3 aromatic rings. The maximum absolute atomic E-state index is 11.5. The maximum Gasteiger partial charge on any atom is 0.241 e. The van der Waals surface area contributed by atoms with Crippen LogP contribution in [-0.2, 0) is 4.79 Å². The number of hydrogen-bond acceptors (Lipinski definition) is 4. The van der Waals surface area contributed by atoms with Crippen LogP contribution in [0.2, 0.25) is 0 Å². The van der Waals surface area contributed by atoms with Crippen molar-refractivity contribution in [3.8, 4) is 11.1 Å². The number of aromatic nitrogens is 3. The van der Waals surface area contributed by atoms with Crippen molar-refractivity contribution >= 4 is 28.8 Å². The zero-order valence-electron chi connectivity index (χ0n) is 12.4. The second-order valence-corrected chi connectivity index (χ2v) is 5.09. The summed E-state index contributed by atoms with van der Waals surface area (Å²) in [5, 5.41) is 0.862. The first-order chi connectivity index (χ1) is 11.0. The molecule has 6 heteroatoms. The Labute approximate surface area is 132 Å². The number of nitrogens with one attached hydrogen (secondary N) is 1. The summed E-state index contributed by atoms with van der Waals surface area (Å²) in [5.74, 6) is -0.601. The van der Waals surface area contributed by atoms with Crippen molar-refractivity contribution in [1.82, 2.24) is 15.0 Å². The van der Waals surface area contributed by atoms with Crippen LogP contribution >= 0.6 is 0 Å². The van der Waals surface area contributed by atoms with Crippen molar-refractivity contribution in [2.45, 2.75) is 6.92 Å². The number of H-pyrrole nitrogens is 1. The fourth-order valence-electron chi connectivity index (χ4n) is 2.29. The Kier molecular flexibility index (Phi) is 3.72. The van der Waals surface area contributed by atoms with Crippen LogP contribution < -0.4 is 5.73 Å². The van der Waals surface area contributed by atoms with Gasteiger partial charge in [0.1, 0.15) is 11.3 Å². The third-order valence-corrected chi connectivity index (χ3v) is 3.44. The van der Waals surface area contributed by atoms with E-state index in [9.17, 15) is 9.59 Å². The highest BCUT2D eigenvalue weighted by Crippen LogP contribution is 2.25. The second kappa shape index (κ2) is 5.84. The lowest BCUT2D eigenvalue weighted by Crippen LogP contribution is -2.04. The largest absolute Gasteiger partial charge is 0.366 e. The highest BCUT2D eigenvalue weighted by Gasteiger charge is 2.08. The molecule has 1 amide bonds. The molecule has 3 rings (SSSR count). The summed E-state index contributed by atoms with van der Waals surface area (Å²) < 4.78 is 0. The second-order valence-electron chi connectivity index (χ2n) is 5.09. The number of carbonyl (C=O) groups excluding carboxylic acids is 2. The quantitative estimate of drug-likeness (QED) is 0.570. The minimum Gasteiger partial charge on any atom is -0.366 e. The predicted octanol–water partition coefficient (Wildman–Crippen LogP) is 2.33. The van der Waals surface area contributed by atoms with Crippen molar-refractivity contribution in [2.75, 3.05) is 0 Å². The zero-order chi connectivity index (χ0) is 16.4. The van der Waals surface area contributed by atoms with Gasteiger partial charge in [-0.15, -0.1) is 0 Å². The molecule has 0 fully saturated rings. The molecular weight excluding hydrogens is 292 g/mol. The van der Waals surface area contributed by atoms with E-state index >= 15 is 0 Å². The molecule has 0 unspecified atom stereocenters. The Morgan fingerprint density at radius 3 is 2.78 bits per heavy atom. The van der Waals surface area contributed by atoms with Crippen molar-refractivity contribution in [1.29, 1.82) is 0 Å². The average Bonchev–Trinajstić information content (AvgIpc) is 2.95. The summed E-state index contributed by atoms with van der Waals surface area (Å²) in [7, 11) is 0. The first-order valence-corrected chi connectivity index (χ1v) is 6.96. The molecule has 0 aliphatic heterocycles. The molecule has 23 heavy (non-hydrogen) atoms. The van der Waals surface area contributed by atoms with E-state index in [-0.39, 0.29) is 5.78 Å². The van der Waals surface area contributed by atoms with Gasteiger partial charge < -0.3 is 10.7 Å². The fraction of sp³-hybridized carbons (Fsp3) is 0.0588. The smallest absolute Gasteiger partial charge is 0.241 e. The number of aromatic amines is 1. The highest BCUT2D eigenvalue weighted by atomic mass is 16.1. The van der Waals surface area contributed by atoms with Crippen LogP contribution in [0, 0.1) is 0 Å². The monoisotopic (exact) mass is 306 g/mol. The lowest BCUT2D eigenvalue weighted by atomic mass is 10.1. The summed E-state index contributed by atoms with van der Waals surface area (Å²) in [4.78, 5) is 33.8. The Bertz CT molecular complexity index is 941. The number of carbonyl (C=O) groups is 2. The van der Waals surface area contributed by atoms with E-state index in [2.05, 4.69) is 15.0 Å². The average molecular weight is 306 g/mol. The van der Waals surface area contributed by atoms with Gasteiger partial charge in [-0.25, -0.2) is 4.98 Å². The lowest BCUT2D eigenvalue weighted by Gasteiger charge is -2.03. The number of Topliss-reactive ketones (excluding diaryl/α,β-unsaturated/α-hetero) is 1. The number of amides is 1. The Morgan fingerprint density at radius 1 is 1.22 bits per heavy atom. The van der Waals surface area contributed by atoms with Gasteiger partial charge >= 0.3 is 0 Å². The topological polar surface area (TPSA) is 102 Å². The SMILES string of the molecule is CC(=O)c1cc(-c2cnc3[nH]cc(/C=C/C(N)=O)c3c2)ccn1. The molecule has 0 saturated heterocycles. The van der Waals surface area contributed by atoms with Gasteiger partial charge in [-0.1, -0.05) is 0 Å². The highest BCUT2D eigenvalue weighted by molar-refractivity contribution is 5.96. The first kappa shape index (κ1) is 14.6. The summed E-state index contributed by atoms with van der Waals surface area (Å²) in [6.07, 6.45) is 8.02. The molecule has 114 valence electrons. The molecule has 0 saturated carbocycles. The van der Waals surface area contributed by atoms with Gasteiger partial charge in [-0.2, -0.15) is 0 Å². The van der Waals surface area contributed by atoms with Gasteiger partial charge in [0.2, 0.25) is 5.91 Å². The van der Waals surface area contributed by atoms with Gasteiger partial charge in [0.25, 0.3) is 0 Å². The number of nitrogens with two attached hydrogens (primary N) is 1. The number of rotatable bonds is 4. The van der Waals surface area contributed by atoms with Gasteiger partial charge in [-0.05, 0) is 29.8 Å². The Hall–Kier alpha value is -3.28. The predicted molar refractivity (Wildman–Crippen MR) is 87.6 cm³/mol. The molecule has 0 aliphatic rings. The third-order valence-electron chi connectivity index (χ3n) is 3.44. The van der Waals surface area contributed by atoms with Gasteiger partial charge in [0, 0.05) is 48.1 Å². The minimum absolute atomic E-state index is 0.0902. The van der Waals surface area contributed by atoms with Crippen LogP contribution in [0.1, 0.15) is 23.0 Å². The van der Waals surface area contributed by atoms with E-state index in [4.69, 9.17) is 5.73 Å².